The van der Waals surface area contributed by atoms with Gasteiger partial charge in [-0.1, -0.05) is 26.0 Å². The molecule has 2 aromatic rings. The number of benzene rings is 1. The highest BCUT2D eigenvalue weighted by Gasteiger charge is 2.25. The Labute approximate surface area is 127 Å². The molecule has 0 spiro atoms. The Bertz CT molecular complexity index is 772. The Morgan fingerprint density at radius 1 is 1.33 bits per heavy atom. The standard InChI is InChI=1S/C13H15ClFN3O2S/c1-8(2)7-18-12(16-17-13(18)21(14,19)20)10-6-4-5-9(3)11(10)15/h4-6,8H,7H2,1-3H3. The van der Waals surface area contributed by atoms with Gasteiger partial charge in [-0.25, -0.2) is 12.8 Å². The van der Waals surface area contributed by atoms with Crippen LogP contribution in [0.1, 0.15) is 19.4 Å². The van der Waals surface area contributed by atoms with E-state index >= 15 is 0 Å². The van der Waals surface area contributed by atoms with Crippen molar-refractivity contribution in [3.05, 3.63) is 29.6 Å². The van der Waals surface area contributed by atoms with Gasteiger partial charge in [0, 0.05) is 17.2 Å². The minimum absolute atomic E-state index is 0.116. The van der Waals surface area contributed by atoms with Gasteiger partial charge in [0.05, 0.1) is 5.56 Å². The van der Waals surface area contributed by atoms with Crippen LogP contribution in [0, 0.1) is 18.7 Å². The molecule has 1 aromatic carbocycles. The number of rotatable bonds is 4. The highest BCUT2D eigenvalue weighted by atomic mass is 35.7. The molecule has 0 unspecified atom stereocenters. The van der Waals surface area contributed by atoms with Gasteiger partial charge in [-0.05, 0) is 24.5 Å². The molecule has 0 saturated heterocycles. The van der Waals surface area contributed by atoms with E-state index in [4.69, 9.17) is 10.7 Å². The summed E-state index contributed by atoms with van der Waals surface area (Å²) in [4.78, 5) is 0. The first-order valence-corrected chi connectivity index (χ1v) is 8.66. The van der Waals surface area contributed by atoms with Crippen molar-refractivity contribution in [1.29, 1.82) is 0 Å². The molecule has 0 aliphatic heterocycles. The van der Waals surface area contributed by atoms with Crippen LogP contribution in [0.3, 0.4) is 0 Å². The molecule has 0 aliphatic carbocycles. The number of aryl methyl sites for hydroxylation is 1. The van der Waals surface area contributed by atoms with Crippen LogP contribution in [0.15, 0.2) is 23.4 Å². The van der Waals surface area contributed by atoms with E-state index in [-0.39, 0.29) is 22.5 Å². The lowest BCUT2D eigenvalue weighted by molar-refractivity contribution is 0.487. The van der Waals surface area contributed by atoms with Crippen molar-refractivity contribution < 1.29 is 12.8 Å². The third kappa shape index (κ3) is 3.24. The number of hydrogen-bond donors (Lipinski definition) is 0. The number of nitrogens with zero attached hydrogens (tertiary/aromatic N) is 3. The molecule has 5 nitrogen and oxygen atoms in total. The van der Waals surface area contributed by atoms with Crippen LogP contribution in [0.4, 0.5) is 4.39 Å². The van der Waals surface area contributed by atoms with Gasteiger partial charge in [-0.15, -0.1) is 10.2 Å². The summed E-state index contributed by atoms with van der Waals surface area (Å²) in [6.45, 7) is 5.75. The molecule has 1 aromatic heterocycles. The lowest BCUT2D eigenvalue weighted by Crippen LogP contribution is -2.12. The maximum absolute atomic E-state index is 14.2. The highest BCUT2D eigenvalue weighted by molar-refractivity contribution is 8.13. The Balaban J connectivity index is 2.70. The van der Waals surface area contributed by atoms with E-state index in [1.165, 1.54) is 10.6 Å². The molecule has 0 atom stereocenters. The van der Waals surface area contributed by atoms with E-state index < -0.39 is 14.9 Å². The first-order valence-electron chi connectivity index (χ1n) is 6.35. The molecule has 8 heteroatoms. The van der Waals surface area contributed by atoms with E-state index in [0.29, 0.717) is 12.1 Å². The second-order valence-corrected chi connectivity index (χ2v) is 7.64. The van der Waals surface area contributed by atoms with Crippen LogP contribution >= 0.6 is 10.7 Å². The zero-order valence-electron chi connectivity index (χ0n) is 11.8. The topological polar surface area (TPSA) is 64.8 Å². The number of halogens is 2. The average molecular weight is 332 g/mol. The van der Waals surface area contributed by atoms with Gasteiger partial charge in [-0.3, -0.25) is 4.57 Å². The maximum atomic E-state index is 14.2. The second-order valence-electron chi connectivity index (χ2n) is 5.18. The second kappa shape index (κ2) is 5.73. The maximum Gasteiger partial charge on any atom is 0.296 e. The van der Waals surface area contributed by atoms with Gasteiger partial charge in [0.2, 0.25) is 0 Å². The molecule has 0 fully saturated rings. The monoisotopic (exact) mass is 331 g/mol. The average Bonchev–Trinajstić information content (AvgIpc) is 2.75. The summed E-state index contributed by atoms with van der Waals surface area (Å²) in [7, 11) is 1.32. The lowest BCUT2D eigenvalue weighted by Gasteiger charge is -2.12. The normalized spacial score (nSPS) is 12.1. The summed E-state index contributed by atoms with van der Waals surface area (Å²) < 4.78 is 38.7. The molecule has 0 bridgehead atoms. The van der Waals surface area contributed by atoms with Crippen LogP contribution in [-0.4, -0.2) is 23.2 Å². The molecule has 0 N–H and O–H groups in total. The fourth-order valence-corrected chi connectivity index (χ4v) is 2.92. The fraction of sp³-hybridized carbons (Fsp3) is 0.385. The van der Waals surface area contributed by atoms with Crippen molar-refractivity contribution >= 4 is 19.7 Å². The summed E-state index contributed by atoms with van der Waals surface area (Å²) >= 11 is 0. The fourth-order valence-electron chi connectivity index (χ4n) is 2.02. The van der Waals surface area contributed by atoms with Crippen molar-refractivity contribution in [2.75, 3.05) is 0 Å². The van der Waals surface area contributed by atoms with Gasteiger partial charge < -0.3 is 0 Å². The minimum Gasteiger partial charge on any atom is -0.296 e. The van der Waals surface area contributed by atoms with E-state index in [1.54, 1.807) is 19.1 Å². The van der Waals surface area contributed by atoms with Gasteiger partial charge in [0.15, 0.2) is 5.82 Å². The molecule has 0 amide bonds. The predicted molar refractivity (Wildman–Crippen MR) is 78.0 cm³/mol. The molecular weight excluding hydrogens is 317 g/mol. The molecule has 114 valence electrons. The SMILES string of the molecule is Cc1cccc(-c2nnc(S(=O)(=O)Cl)n2CC(C)C)c1F. The third-order valence-electron chi connectivity index (χ3n) is 2.92. The Morgan fingerprint density at radius 3 is 2.57 bits per heavy atom. The quantitative estimate of drug-likeness (QED) is 0.808. The van der Waals surface area contributed by atoms with Gasteiger partial charge in [0.25, 0.3) is 14.2 Å². The van der Waals surface area contributed by atoms with E-state index in [2.05, 4.69) is 10.2 Å². The largest absolute Gasteiger partial charge is 0.296 e. The van der Waals surface area contributed by atoms with Gasteiger partial charge in [0.1, 0.15) is 5.82 Å². The van der Waals surface area contributed by atoms with Crippen molar-refractivity contribution in [2.24, 2.45) is 5.92 Å². The summed E-state index contributed by atoms with van der Waals surface area (Å²) in [5, 5.41) is 7.06. The summed E-state index contributed by atoms with van der Waals surface area (Å²) in [6.07, 6.45) is 0. The first-order chi connectivity index (χ1) is 9.71. The Kier molecular flexibility index (Phi) is 4.34. The molecule has 1 heterocycles. The van der Waals surface area contributed by atoms with Crippen LogP contribution in [0.25, 0.3) is 11.4 Å². The summed E-state index contributed by atoms with van der Waals surface area (Å²) in [5.41, 5.74) is 0.650. The van der Waals surface area contributed by atoms with E-state index in [9.17, 15) is 12.8 Å². The van der Waals surface area contributed by atoms with Crippen molar-refractivity contribution in [3.8, 4) is 11.4 Å². The molecule has 0 aliphatic rings. The number of aromatic nitrogens is 3. The first kappa shape index (κ1) is 15.9. The van der Waals surface area contributed by atoms with Crippen LogP contribution in [0.5, 0.6) is 0 Å². The van der Waals surface area contributed by atoms with Crippen LogP contribution in [0.2, 0.25) is 0 Å². The molecular formula is C13H15ClFN3O2S. The summed E-state index contributed by atoms with van der Waals surface area (Å²) in [5.74, 6) is -0.178. The summed E-state index contributed by atoms with van der Waals surface area (Å²) in [6, 6.07) is 4.84. The predicted octanol–water partition coefficient (Wildman–Crippen LogP) is 2.98. The van der Waals surface area contributed by atoms with E-state index in [0.717, 1.165) is 0 Å². The lowest BCUT2D eigenvalue weighted by atomic mass is 10.1. The van der Waals surface area contributed by atoms with Crippen LogP contribution in [-0.2, 0) is 15.6 Å². The van der Waals surface area contributed by atoms with Gasteiger partial charge >= 0.3 is 0 Å². The van der Waals surface area contributed by atoms with Gasteiger partial charge in [-0.2, -0.15) is 0 Å². The molecule has 0 radical (unpaired) electrons. The molecule has 2 rings (SSSR count). The Hall–Kier alpha value is -1.47. The van der Waals surface area contributed by atoms with Crippen molar-refractivity contribution in [1.82, 2.24) is 14.8 Å². The van der Waals surface area contributed by atoms with Crippen molar-refractivity contribution in [2.45, 2.75) is 32.5 Å². The smallest absolute Gasteiger partial charge is 0.296 e. The minimum atomic E-state index is -4.05. The Morgan fingerprint density at radius 2 is 2.00 bits per heavy atom. The van der Waals surface area contributed by atoms with Crippen LogP contribution < -0.4 is 0 Å². The molecule has 0 saturated carbocycles. The highest BCUT2D eigenvalue weighted by Crippen LogP contribution is 2.27. The third-order valence-corrected chi connectivity index (χ3v) is 4.07. The number of hydrogen-bond acceptors (Lipinski definition) is 4. The zero-order chi connectivity index (χ0) is 15.8. The van der Waals surface area contributed by atoms with Crippen molar-refractivity contribution in [3.63, 3.8) is 0 Å². The van der Waals surface area contributed by atoms with E-state index in [1.807, 2.05) is 13.8 Å². The molecule has 21 heavy (non-hydrogen) atoms. The zero-order valence-corrected chi connectivity index (χ0v) is 13.4.